The number of ether oxygens (including phenoxy) is 1. The van der Waals surface area contributed by atoms with Crippen LogP contribution in [0.4, 0.5) is 11.5 Å². The molecule has 0 aliphatic carbocycles. The van der Waals surface area contributed by atoms with Crippen LogP contribution in [0.1, 0.15) is 51.3 Å². The summed E-state index contributed by atoms with van der Waals surface area (Å²) in [6.45, 7) is 4.78. The molecule has 2 aliphatic rings. The molecule has 0 bridgehead atoms. The number of halogens is 1. The molecule has 3 aromatic rings. The molecule has 5 unspecified atom stereocenters. The molecule has 5 rings (SSSR count). The van der Waals surface area contributed by atoms with Gasteiger partial charge >= 0.3 is 0 Å². The fraction of sp³-hybridized carbons (Fsp3) is 0.542. The summed E-state index contributed by atoms with van der Waals surface area (Å²) in [4.78, 5) is 15.7. The molecular weight excluding hydrogens is 458 g/mol. The van der Waals surface area contributed by atoms with Gasteiger partial charge in [-0.25, -0.2) is 4.98 Å². The summed E-state index contributed by atoms with van der Waals surface area (Å²) in [7, 11) is 0. The molecule has 2 aliphatic heterocycles. The minimum Gasteiger partial charge on any atom is -0.394 e. The standard InChI is InChI=1S/C24H30ClN5O4/c1-3-5-10-24(4-2)12-29(15-9-7-6-8-14(15)24)20-17-21(28-23(25)27-20)30(13-26-17)22-19(33)18(32)16(11-31)34-22/h6-9,13,16,18-19,22,31-33H,3-5,10-12H2,1-2H3. The summed E-state index contributed by atoms with van der Waals surface area (Å²) in [6, 6.07) is 8.41. The number of rotatable bonds is 7. The minimum absolute atomic E-state index is 0.00212. The predicted octanol–water partition coefficient (Wildman–Crippen LogP) is 3.08. The molecule has 34 heavy (non-hydrogen) atoms. The number of unbranched alkanes of at least 4 members (excludes halogenated alkanes) is 1. The molecule has 0 saturated carbocycles. The SMILES string of the molecule is CCCCC1(CC)CN(c2nc(Cl)nc3c2ncn3C2OC(CO)C(O)C2O)c2ccccc21. The molecule has 4 heterocycles. The first-order valence-electron chi connectivity index (χ1n) is 11.8. The maximum Gasteiger partial charge on any atom is 0.226 e. The van der Waals surface area contributed by atoms with Crippen molar-refractivity contribution in [2.75, 3.05) is 18.1 Å². The van der Waals surface area contributed by atoms with Crippen LogP contribution in [0.2, 0.25) is 5.28 Å². The molecule has 0 amide bonds. The maximum atomic E-state index is 10.5. The van der Waals surface area contributed by atoms with Gasteiger partial charge in [0.2, 0.25) is 5.28 Å². The highest BCUT2D eigenvalue weighted by molar-refractivity contribution is 6.28. The average Bonchev–Trinajstić information content (AvgIpc) is 3.50. The highest BCUT2D eigenvalue weighted by atomic mass is 35.5. The second-order valence-corrected chi connectivity index (χ2v) is 9.55. The van der Waals surface area contributed by atoms with Crippen LogP contribution in [0.5, 0.6) is 0 Å². The topological polar surface area (TPSA) is 117 Å². The Balaban J connectivity index is 1.61. The van der Waals surface area contributed by atoms with Crippen LogP contribution in [-0.4, -0.2) is 66.3 Å². The van der Waals surface area contributed by atoms with Gasteiger partial charge in [0.15, 0.2) is 23.2 Å². The van der Waals surface area contributed by atoms with Gasteiger partial charge in [-0.3, -0.25) is 4.57 Å². The molecule has 0 spiro atoms. The van der Waals surface area contributed by atoms with E-state index in [0.717, 1.165) is 37.9 Å². The van der Waals surface area contributed by atoms with E-state index in [2.05, 4.69) is 51.9 Å². The summed E-state index contributed by atoms with van der Waals surface area (Å²) >= 11 is 6.39. The summed E-state index contributed by atoms with van der Waals surface area (Å²) in [6.07, 6.45) is 1.51. The van der Waals surface area contributed by atoms with E-state index in [1.807, 2.05) is 6.07 Å². The number of fused-ring (bicyclic) bond motifs is 2. The van der Waals surface area contributed by atoms with Gasteiger partial charge in [0, 0.05) is 17.6 Å². The molecule has 1 aromatic carbocycles. The number of benzene rings is 1. The van der Waals surface area contributed by atoms with Crippen molar-refractivity contribution >= 4 is 34.3 Å². The molecule has 2 aromatic heterocycles. The third-order valence-electron chi connectivity index (χ3n) is 7.34. The van der Waals surface area contributed by atoms with Crippen molar-refractivity contribution in [1.82, 2.24) is 19.5 Å². The van der Waals surface area contributed by atoms with E-state index in [1.165, 1.54) is 11.9 Å². The summed E-state index contributed by atoms with van der Waals surface area (Å²) in [5, 5.41) is 30.3. The van der Waals surface area contributed by atoms with Crippen LogP contribution in [0.3, 0.4) is 0 Å². The first-order valence-corrected chi connectivity index (χ1v) is 12.2. The summed E-state index contributed by atoms with van der Waals surface area (Å²) < 4.78 is 7.24. The van der Waals surface area contributed by atoms with Gasteiger partial charge in [-0.05, 0) is 36.1 Å². The van der Waals surface area contributed by atoms with Crippen LogP contribution in [-0.2, 0) is 10.2 Å². The Morgan fingerprint density at radius 1 is 1.18 bits per heavy atom. The monoisotopic (exact) mass is 487 g/mol. The van der Waals surface area contributed by atoms with Crippen LogP contribution in [0.15, 0.2) is 30.6 Å². The number of aromatic nitrogens is 4. The Kier molecular flexibility index (Phi) is 6.24. The largest absolute Gasteiger partial charge is 0.394 e. The number of hydrogen-bond donors (Lipinski definition) is 3. The Labute approximate surface area is 203 Å². The van der Waals surface area contributed by atoms with E-state index in [0.29, 0.717) is 17.0 Å². The lowest BCUT2D eigenvalue weighted by Crippen LogP contribution is -2.33. The molecule has 182 valence electrons. The third kappa shape index (κ3) is 3.58. The van der Waals surface area contributed by atoms with E-state index < -0.39 is 31.1 Å². The molecule has 10 heteroatoms. The first kappa shape index (κ1) is 23.4. The zero-order chi connectivity index (χ0) is 24.0. The molecule has 1 fully saturated rings. The lowest BCUT2D eigenvalue weighted by atomic mass is 9.76. The number of hydrogen-bond acceptors (Lipinski definition) is 8. The number of nitrogens with zero attached hydrogens (tertiary/aromatic N) is 5. The van der Waals surface area contributed by atoms with Crippen LogP contribution < -0.4 is 4.90 Å². The lowest BCUT2D eigenvalue weighted by Gasteiger charge is -2.29. The van der Waals surface area contributed by atoms with Gasteiger partial charge in [0.25, 0.3) is 0 Å². The molecule has 9 nitrogen and oxygen atoms in total. The zero-order valence-electron chi connectivity index (χ0n) is 19.3. The highest BCUT2D eigenvalue weighted by Crippen LogP contribution is 2.49. The number of aliphatic hydroxyl groups is 3. The predicted molar refractivity (Wildman–Crippen MR) is 128 cm³/mol. The Morgan fingerprint density at radius 3 is 2.68 bits per heavy atom. The smallest absolute Gasteiger partial charge is 0.226 e. The Bertz CT molecular complexity index is 1190. The average molecular weight is 488 g/mol. The first-order chi connectivity index (χ1) is 16.4. The van der Waals surface area contributed by atoms with Gasteiger partial charge in [-0.1, -0.05) is 44.9 Å². The Hall–Kier alpha value is -2.30. The second kappa shape index (κ2) is 9.05. The maximum absolute atomic E-state index is 10.5. The number of para-hydroxylation sites is 1. The lowest BCUT2D eigenvalue weighted by molar-refractivity contribution is -0.0511. The van der Waals surface area contributed by atoms with Crippen molar-refractivity contribution in [1.29, 1.82) is 0 Å². The normalized spacial score (nSPS) is 28.7. The molecule has 5 atom stereocenters. The van der Waals surface area contributed by atoms with Crippen molar-refractivity contribution in [3.63, 3.8) is 0 Å². The van der Waals surface area contributed by atoms with Gasteiger partial charge in [-0.2, -0.15) is 9.97 Å². The minimum atomic E-state index is -1.25. The molecule has 1 saturated heterocycles. The van der Waals surface area contributed by atoms with Crippen molar-refractivity contribution in [2.24, 2.45) is 0 Å². The van der Waals surface area contributed by atoms with Crippen LogP contribution in [0.25, 0.3) is 11.2 Å². The van der Waals surface area contributed by atoms with Crippen LogP contribution >= 0.6 is 11.6 Å². The summed E-state index contributed by atoms with van der Waals surface area (Å²) in [5.41, 5.74) is 3.31. The van der Waals surface area contributed by atoms with E-state index in [-0.39, 0.29) is 10.7 Å². The van der Waals surface area contributed by atoms with Crippen molar-refractivity contribution < 1.29 is 20.1 Å². The van der Waals surface area contributed by atoms with Gasteiger partial charge in [-0.15, -0.1) is 0 Å². The fourth-order valence-corrected chi connectivity index (χ4v) is 5.55. The van der Waals surface area contributed by atoms with E-state index in [9.17, 15) is 15.3 Å². The third-order valence-corrected chi connectivity index (χ3v) is 7.50. The second-order valence-electron chi connectivity index (χ2n) is 9.21. The molecule has 3 N–H and O–H groups in total. The van der Waals surface area contributed by atoms with Crippen LogP contribution in [0, 0.1) is 0 Å². The molecule has 0 radical (unpaired) electrons. The number of imidazole rings is 1. The van der Waals surface area contributed by atoms with E-state index >= 15 is 0 Å². The zero-order valence-corrected chi connectivity index (χ0v) is 20.1. The van der Waals surface area contributed by atoms with Gasteiger partial charge in [0.05, 0.1) is 12.9 Å². The fourth-order valence-electron chi connectivity index (χ4n) is 5.39. The highest BCUT2D eigenvalue weighted by Gasteiger charge is 2.45. The quantitative estimate of drug-likeness (QED) is 0.435. The van der Waals surface area contributed by atoms with Crippen molar-refractivity contribution in [3.8, 4) is 0 Å². The van der Waals surface area contributed by atoms with E-state index in [1.54, 1.807) is 4.57 Å². The summed E-state index contributed by atoms with van der Waals surface area (Å²) in [5.74, 6) is 0.597. The van der Waals surface area contributed by atoms with Gasteiger partial charge in [0.1, 0.15) is 18.3 Å². The van der Waals surface area contributed by atoms with Crippen molar-refractivity contribution in [2.45, 2.75) is 69.5 Å². The van der Waals surface area contributed by atoms with Gasteiger partial charge < -0.3 is 25.0 Å². The number of aliphatic hydroxyl groups excluding tert-OH is 3. The Morgan fingerprint density at radius 2 is 1.97 bits per heavy atom. The molecular formula is C24H30ClN5O4. The number of anilines is 2. The van der Waals surface area contributed by atoms with Crippen molar-refractivity contribution in [3.05, 3.63) is 41.4 Å². The van der Waals surface area contributed by atoms with E-state index in [4.69, 9.17) is 16.3 Å².